The number of likely N-dealkylation sites (N-methyl/N-ethyl adjacent to an activating group) is 1. The zero-order valence-corrected chi connectivity index (χ0v) is 10.1. The Morgan fingerprint density at radius 2 is 1.94 bits per heavy atom. The van der Waals surface area contributed by atoms with Crippen LogP contribution in [0.1, 0.15) is 12.8 Å². The topological polar surface area (TPSA) is 32.3 Å². The molecular weight excluding hydrogens is 224 g/mol. The molecule has 2 atom stereocenters. The van der Waals surface area contributed by atoms with E-state index in [1.165, 1.54) is 12.8 Å². The molecule has 0 spiro atoms. The number of aromatic nitrogens is 2. The minimum atomic E-state index is 0.531. The highest BCUT2D eigenvalue weighted by atomic mass is 35.5. The lowest BCUT2D eigenvalue weighted by Gasteiger charge is -2.40. The minimum Gasteiger partial charge on any atom is -0.348 e. The molecule has 3 heterocycles. The van der Waals surface area contributed by atoms with Crippen molar-refractivity contribution in [2.24, 2.45) is 0 Å². The van der Waals surface area contributed by atoms with Gasteiger partial charge in [0.1, 0.15) is 17.3 Å². The van der Waals surface area contributed by atoms with E-state index in [-0.39, 0.29) is 0 Å². The molecule has 0 aliphatic carbocycles. The molecule has 1 aromatic rings. The van der Waals surface area contributed by atoms with Gasteiger partial charge in [-0.2, -0.15) is 0 Å². The summed E-state index contributed by atoms with van der Waals surface area (Å²) in [4.78, 5) is 13.1. The number of rotatable bonds is 1. The normalized spacial score (nSPS) is 29.8. The number of fused-ring (bicyclic) bond motifs is 2. The lowest BCUT2D eigenvalue weighted by molar-refractivity contribution is 0.263. The maximum absolute atomic E-state index is 5.92. The predicted molar refractivity (Wildman–Crippen MR) is 63.8 cm³/mol. The summed E-state index contributed by atoms with van der Waals surface area (Å²) in [5.41, 5.74) is 0. The maximum atomic E-state index is 5.92. The fourth-order valence-electron chi connectivity index (χ4n) is 2.95. The molecule has 4 nitrogen and oxygen atoms in total. The number of hydrogen-bond donors (Lipinski definition) is 0. The fraction of sp³-hybridized carbons (Fsp3) is 0.636. The van der Waals surface area contributed by atoms with E-state index in [1.54, 1.807) is 6.33 Å². The van der Waals surface area contributed by atoms with Crippen LogP contribution in [0.15, 0.2) is 12.4 Å². The van der Waals surface area contributed by atoms with Crippen molar-refractivity contribution >= 4 is 17.4 Å². The van der Waals surface area contributed by atoms with Gasteiger partial charge in [-0.25, -0.2) is 9.97 Å². The van der Waals surface area contributed by atoms with E-state index < -0.39 is 0 Å². The Labute approximate surface area is 100 Å². The molecule has 2 fully saturated rings. The van der Waals surface area contributed by atoms with E-state index in [1.807, 2.05) is 6.07 Å². The molecule has 0 amide bonds. The smallest absolute Gasteiger partial charge is 0.134 e. The largest absolute Gasteiger partial charge is 0.348 e. The van der Waals surface area contributed by atoms with Crippen LogP contribution < -0.4 is 4.90 Å². The number of piperazine rings is 1. The molecule has 2 saturated heterocycles. The van der Waals surface area contributed by atoms with Crippen LogP contribution in [0.25, 0.3) is 0 Å². The van der Waals surface area contributed by atoms with Gasteiger partial charge in [0, 0.05) is 31.2 Å². The molecular formula is C11H15ClN4. The monoisotopic (exact) mass is 238 g/mol. The second-order valence-corrected chi connectivity index (χ2v) is 5.10. The summed E-state index contributed by atoms with van der Waals surface area (Å²) in [5.74, 6) is 0.987. The Hall–Kier alpha value is -0.870. The van der Waals surface area contributed by atoms with Crippen LogP contribution in [0.2, 0.25) is 5.15 Å². The number of anilines is 1. The van der Waals surface area contributed by atoms with Crippen molar-refractivity contribution in [3.63, 3.8) is 0 Å². The van der Waals surface area contributed by atoms with Gasteiger partial charge in [-0.15, -0.1) is 0 Å². The average molecular weight is 239 g/mol. The first-order chi connectivity index (χ1) is 7.74. The quantitative estimate of drug-likeness (QED) is 0.693. The molecule has 16 heavy (non-hydrogen) atoms. The van der Waals surface area contributed by atoms with Crippen LogP contribution >= 0.6 is 11.6 Å². The zero-order valence-electron chi connectivity index (χ0n) is 9.30. The summed E-state index contributed by atoms with van der Waals surface area (Å²) >= 11 is 5.92. The van der Waals surface area contributed by atoms with E-state index >= 15 is 0 Å². The number of halogens is 1. The van der Waals surface area contributed by atoms with Crippen LogP contribution in [-0.4, -0.2) is 47.1 Å². The van der Waals surface area contributed by atoms with Crippen molar-refractivity contribution in [3.05, 3.63) is 17.5 Å². The summed E-state index contributed by atoms with van der Waals surface area (Å²) in [6.07, 6.45) is 4.07. The van der Waals surface area contributed by atoms with Gasteiger partial charge in [-0.3, -0.25) is 0 Å². The van der Waals surface area contributed by atoms with Gasteiger partial charge in [0.2, 0.25) is 0 Å². The van der Waals surface area contributed by atoms with Crippen LogP contribution in [0.3, 0.4) is 0 Å². The van der Waals surface area contributed by atoms with Gasteiger partial charge < -0.3 is 9.80 Å². The SMILES string of the molecule is CN1CC2CCC(C1)N2c1cc(Cl)ncn1. The second kappa shape index (κ2) is 3.86. The molecule has 86 valence electrons. The standard InChI is InChI=1S/C11H15ClN4/c1-15-5-8-2-3-9(6-15)16(8)11-4-10(12)13-7-14-11/h4,7-9H,2-3,5-6H2,1H3. The fourth-order valence-corrected chi connectivity index (χ4v) is 3.09. The van der Waals surface area contributed by atoms with Gasteiger partial charge >= 0.3 is 0 Å². The third-order valence-corrected chi connectivity index (χ3v) is 3.76. The predicted octanol–water partition coefficient (Wildman–Crippen LogP) is 1.41. The summed E-state index contributed by atoms with van der Waals surface area (Å²) in [7, 11) is 2.19. The van der Waals surface area contributed by atoms with Crippen LogP contribution in [0.4, 0.5) is 5.82 Å². The zero-order chi connectivity index (χ0) is 11.1. The van der Waals surface area contributed by atoms with Gasteiger partial charge in [-0.1, -0.05) is 11.6 Å². The first-order valence-corrected chi connectivity index (χ1v) is 6.06. The van der Waals surface area contributed by atoms with Crippen molar-refractivity contribution in [2.45, 2.75) is 24.9 Å². The molecule has 2 unspecified atom stereocenters. The molecule has 0 N–H and O–H groups in total. The first-order valence-electron chi connectivity index (χ1n) is 5.68. The molecule has 0 aromatic carbocycles. The lowest BCUT2D eigenvalue weighted by atomic mass is 10.2. The van der Waals surface area contributed by atoms with Crippen molar-refractivity contribution in [3.8, 4) is 0 Å². The van der Waals surface area contributed by atoms with Crippen molar-refractivity contribution in [1.29, 1.82) is 0 Å². The minimum absolute atomic E-state index is 0.531. The first kappa shape index (κ1) is 10.3. The summed E-state index contributed by atoms with van der Waals surface area (Å²) in [6, 6.07) is 3.06. The van der Waals surface area contributed by atoms with Gasteiger partial charge in [0.05, 0.1) is 0 Å². The summed E-state index contributed by atoms with van der Waals surface area (Å²) in [6.45, 7) is 2.25. The lowest BCUT2D eigenvalue weighted by Crippen LogP contribution is -2.52. The molecule has 0 saturated carbocycles. The molecule has 0 radical (unpaired) electrons. The van der Waals surface area contributed by atoms with Crippen molar-refractivity contribution < 1.29 is 0 Å². The third kappa shape index (κ3) is 1.66. The van der Waals surface area contributed by atoms with Crippen LogP contribution in [0, 0.1) is 0 Å². The van der Waals surface area contributed by atoms with E-state index in [4.69, 9.17) is 11.6 Å². The molecule has 3 rings (SSSR count). The Morgan fingerprint density at radius 3 is 2.56 bits per heavy atom. The van der Waals surface area contributed by atoms with E-state index in [2.05, 4.69) is 26.8 Å². The van der Waals surface area contributed by atoms with Gasteiger partial charge in [0.15, 0.2) is 0 Å². The molecule has 5 heteroatoms. The Bertz CT molecular complexity index is 383. The Kier molecular flexibility index (Phi) is 2.48. The second-order valence-electron chi connectivity index (χ2n) is 4.71. The highest BCUT2D eigenvalue weighted by Crippen LogP contribution is 2.33. The number of likely N-dealkylation sites (tertiary alicyclic amines) is 1. The van der Waals surface area contributed by atoms with E-state index in [0.717, 1.165) is 18.9 Å². The molecule has 2 bridgehead atoms. The average Bonchev–Trinajstić information content (AvgIpc) is 2.51. The molecule has 1 aromatic heterocycles. The Morgan fingerprint density at radius 1 is 1.25 bits per heavy atom. The van der Waals surface area contributed by atoms with E-state index in [9.17, 15) is 0 Å². The van der Waals surface area contributed by atoms with Crippen molar-refractivity contribution in [1.82, 2.24) is 14.9 Å². The van der Waals surface area contributed by atoms with Gasteiger partial charge in [-0.05, 0) is 19.9 Å². The summed E-state index contributed by atoms with van der Waals surface area (Å²) in [5, 5.41) is 0.531. The molecule has 2 aliphatic heterocycles. The van der Waals surface area contributed by atoms with Crippen LogP contribution in [0.5, 0.6) is 0 Å². The van der Waals surface area contributed by atoms with Gasteiger partial charge in [0.25, 0.3) is 0 Å². The van der Waals surface area contributed by atoms with Crippen LogP contribution in [-0.2, 0) is 0 Å². The third-order valence-electron chi connectivity index (χ3n) is 3.55. The number of hydrogen-bond acceptors (Lipinski definition) is 4. The highest BCUT2D eigenvalue weighted by Gasteiger charge is 2.39. The maximum Gasteiger partial charge on any atom is 0.134 e. The Balaban J connectivity index is 1.91. The summed E-state index contributed by atoms with van der Waals surface area (Å²) < 4.78 is 0. The number of nitrogens with zero attached hydrogens (tertiary/aromatic N) is 4. The van der Waals surface area contributed by atoms with E-state index in [0.29, 0.717) is 17.2 Å². The molecule has 2 aliphatic rings. The van der Waals surface area contributed by atoms with Crippen molar-refractivity contribution in [2.75, 3.05) is 25.0 Å². The highest BCUT2D eigenvalue weighted by molar-refractivity contribution is 6.29.